The van der Waals surface area contributed by atoms with Crippen LogP contribution < -0.4 is 10.2 Å². The van der Waals surface area contributed by atoms with Crippen molar-refractivity contribution in [1.82, 2.24) is 10.3 Å². The molecule has 1 saturated heterocycles. The Kier molecular flexibility index (Phi) is 5.89. The lowest BCUT2D eigenvalue weighted by atomic mass is 10.1. The van der Waals surface area contributed by atoms with E-state index in [9.17, 15) is 4.79 Å². The summed E-state index contributed by atoms with van der Waals surface area (Å²) in [6, 6.07) is 10.8. The summed E-state index contributed by atoms with van der Waals surface area (Å²) in [6.07, 6.45) is 4.06. The monoisotopic (exact) mass is 359 g/mol. The third-order valence-electron chi connectivity index (χ3n) is 4.34. The number of benzene rings is 1. The number of anilines is 1. The molecule has 0 bridgehead atoms. The van der Waals surface area contributed by atoms with Crippen LogP contribution >= 0.6 is 11.6 Å². The van der Waals surface area contributed by atoms with Crippen LogP contribution in [0.1, 0.15) is 34.9 Å². The second kappa shape index (κ2) is 8.32. The summed E-state index contributed by atoms with van der Waals surface area (Å²) in [6.45, 7) is 2.38. The highest BCUT2D eigenvalue weighted by atomic mass is 35.5. The summed E-state index contributed by atoms with van der Waals surface area (Å²) in [7, 11) is 1.60. The molecule has 0 aliphatic carbocycles. The lowest BCUT2D eigenvalue weighted by Gasteiger charge is -2.20. The van der Waals surface area contributed by atoms with Crippen LogP contribution in [-0.2, 0) is 4.74 Å². The fraction of sp³-hybridized carbons (Fsp3) is 0.368. The molecule has 0 saturated carbocycles. The Morgan fingerprint density at radius 3 is 2.76 bits per heavy atom. The van der Waals surface area contributed by atoms with Crippen LogP contribution in [0.5, 0.6) is 0 Å². The highest BCUT2D eigenvalue weighted by molar-refractivity contribution is 6.33. The number of nitrogens with one attached hydrogen (secondary N) is 1. The smallest absolute Gasteiger partial charge is 0.251 e. The Hall–Kier alpha value is -2.11. The molecule has 5 nitrogen and oxygen atoms in total. The van der Waals surface area contributed by atoms with Gasteiger partial charge in [-0.05, 0) is 43.2 Å². The molecular weight excluding hydrogens is 338 g/mol. The van der Waals surface area contributed by atoms with Crippen molar-refractivity contribution in [2.24, 2.45) is 0 Å². The van der Waals surface area contributed by atoms with Gasteiger partial charge in [-0.25, -0.2) is 0 Å². The maximum atomic E-state index is 12.6. The molecule has 1 N–H and O–H groups in total. The minimum atomic E-state index is -0.310. The Morgan fingerprint density at radius 2 is 2.12 bits per heavy atom. The van der Waals surface area contributed by atoms with Gasteiger partial charge in [-0.2, -0.15) is 0 Å². The van der Waals surface area contributed by atoms with Gasteiger partial charge in [0.05, 0.1) is 29.1 Å². The zero-order valence-electron chi connectivity index (χ0n) is 14.2. The highest BCUT2D eigenvalue weighted by Crippen LogP contribution is 2.29. The van der Waals surface area contributed by atoms with Crippen LogP contribution in [0.15, 0.2) is 42.6 Å². The Balaban J connectivity index is 1.74. The van der Waals surface area contributed by atoms with Crippen molar-refractivity contribution in [3.63, 3.8) is 0 Å². The fourth-order valence-corrected chi connectivity index (χ4v) is 3.35. The summed E-state index contributed by atoms with van der Waals surface area (Å²) < 4.78 is 5.22. The average Bonchev–Trinajstić information content (AvgIpc) is 3.16. The van der Waals surface area contributed by atoms with Gasteiger partial charge in [-0.1, -0.05) is 17.7 Å². The van der Waals surface area contributed by atoms with Gasteiger partial charge in [-0.3, -0.25) is 9.78 Å². The molecule has 2 aromatic rings. The van der Waals surface area contributed by atoms with Gasteiger partial charge in [0, 0.05) is 32.0 Å². The summed E-state index contributed by atoms with van der Waals surface area (Å²) in [5.41, 5.74) is 2.29. The first-order chi connectivity index (χ1) is 12.2. The molecule has 3 rings (SSSR count). The number of aromatic nitrogens is 1. The van der Waals surface area contributed by atoms with E-state index in [1.807, 2.05) is 30.3 Å². The molecule has 1 aliphatic heterocycles. The second-order valence-electron chi connectivity index (χ2n) is 6.10. The number of nitrogens with zero attached hydrogens (tertiary/aromatic N) is 2. The SMILES string of the molecule is COC[C@@H](NC(=O)c1ccc(N2CCCC2)c(Cl)c1)c1ccccn1. The van der Waals surface area contributed by atoms with E-state index in [1.165, 1.54) is 12.8 Å². The minimum Gasteiger partial charge on any atom is -0.382 e. The molecule has 132 valence electrons. The lowest BCUT2D eigenvalue weighted by Crippen LogP contribution is -2.32. The van der Waals surface area contributed by atoms with Gasteiger partial charge < -0.3 is 15.0 Å². The van der Waals surface area contributed by atoms with Crippen LogP contribution in [0.3, 0.4) is 0 Å². The number of methoxy groups -OCH3 is 1. The first kappa shape index (κ1) is 17.7. The summed E-state index contributed by atoms with van der Waals surface area (Å²) in [5.74, 6) is -0.192. The molecule has 1 aromatic carbocycles. The first-order valence-corrected chi connectivity index (χ1v) is 8.82. The van der Waals surface area contributed by atoms with Crippen LogP contribution in [0.25, 0.3) is 0 Å². The number of halogens is 1. The minimum absolute atomic E-state index is 0.192. The predicted molar refractivity (Wildman–Crippen MR) is 99.2 cm³/mol. The number of ether oxygens (including phenoxy) is 1. The molecule has 1 fully saturated rings. The van der Waals surface area contributed by atoms with E-state index in [-0.39, 0.29) is 11.9 Å². The fourth-order valence-electron chi connectivity index (χ4n) is 3.05. The van der Waals surface area contributed by atoms with Crippen molar-refractivity contribution < 1.29 is 9.53 Å². The predicted octanol–water partition coefficient (Wildman–Crippen LogP) is 3.45. The summed E-state index contributed by atoms with van der Waals surface area (Å²) in [4.78, 5) is 19.2. The lowest BCUT2D eigenvalue weighted by molar-refractivity contribution is 0.0894. The van der Waals surface area contributed by atoms with Gasteiger partial charge in [0.2, 0.25) is 0 Å². The van der Waals surface area contributed by atoms with Crippen LogP contribution in [0.4, 0.5) is 5.69 Å². The van der Waals surface area contributed by atoms with Gasteiger partial charge >= 0.3 is 0 Å². The number of amides is 1. The van der Waals surface area contributed by atoms with Gasteiger partial charge in [0.15, 0.2) is 0 Å². The van der Waals surface area contributed by atoms with Crippen LogP contribution in [0.2, 0.25) is 5.02 Å². The van der Waals surface area contributed by atoms with Crippen molar-refractivity contribution in [3.8, 4) is 0 Å². The van der Waals surface area contributed by atoms with Crippen LogP contribution in [0, 0.1) is 0 Å². The van der Waals surface area contributed by atoms with E-state index in [4.69, 9.17) is 16.3 Å². The largest absolute Gasteiger partial charge is 0.382 e. The number of hydrogen-bond acceptors (Lipinski definition) is 4. The molecule has 0 unspecified atom stereocenters. The normalized spacial score (nSPS) is 15.2. The third-order valence-corrected chi connectivity index (χ3v) is 4.64. The van der Waals surface area contributed by atoms with Gasteiger partial charge in [-0.15, -0.1) is 0 Å². The van der Waals surface area contributed by atoms with Crippen molar-refractivity contribution in [2.75, 3.05) is 31.7 Å². The third kappa shape index (κ3) is 4.30. The maximum Gasteiger partial charge on any atom is 0.251 e. The molecule has 1 atom stereocenters. The van der Waals surface area contributed by atoms with E-state index in [0.29, 0.717) is 17.2 Å². The molecule has 1 amide bonds. The van der Waals surface area contributed by atoms with E-state index in [1.54, 1.807) is 19.4 Å². The molecule has 1 aromatic heterocycles. The van der Waals surface area contributed by atoms with Crippen molar-refractivity contribution in [2.45, 2.75) is 18.9 Å². The Morgan fingerprint density at radius 1 is 1.32 bits per heavy atom. The average molecular weight is 360 g/mol. The number of hydrogen-bond donors (Lipinski definition) is 1. The number of carbonyl (C=O) groups excluding carboxylic acids is 1. The second-order valence-corrected chi connectivity index (χ2v) is 6.50. The number of carbonyl (C=O) groups is 1. The molecule has 0 radical (unpaired) electrons. The van der Waals surface area contributed by atoms with E-state index < -0.39 is 0 Å². The zero-order valence-corrected chi connectivity index (χ0v) is 15.0. The topological polar surface area (TPSA) is 54.5 Å². The molecule has 2 heterocycles. The van der Waals surface area contributed by atoms with E-state index in [2.05, 4.69) is 15.2 Å². The first-order valence-electron chi connectivity index (χ1n) is 8.44. The standard InChI is InChI=1S/C19H22ClN3O2/c1-25-13-17(16-6-2-3-9-21-16)22-19(24)14-7-8-18(15(20)12-14)23-10-4-5-11-23/h2-3,6-9,12,17H,4-5,10-11,13H2,1H3,(H,22,24)/t17-/m1/s1. The molecule has 0 spiro atoms. The van der Waals surface area contributed by atoms with Gasteiger partial charge in [0.1, 0.15) is 0 Å². The van der Waals surface area contributed by atoms with Gasteiger partial charge in [0.25, 0.3) is 5.91 Å². The molecular formula is C19H22ClN3O2. The Labute approximate surface area is 153 Å². The summed E-state index contributed by atoms with van der Waals surface area (Å²) in [5, 5.41) is 3.58. The number of rotatable bonds is 6. The molecule has 25 heavy (non-hydrogen) atoms. The zero-order chi connectivity index (χ0) is 17.6. The quantitative estimate of drug-likeness (QED) is 0.858. The Bertz CT molecular complexity index is 718. The molecule has 1 aliphatic rings. The highest BCUT2D eigenvalue weighted by Gasteiger charge is 2.19. The maximum absolute atomic E-state index is 12.6. The number of pyridine rings is 1. The van der Waals surface area contributed by atoms with Crippen molar-refractivity contribution in [3.05, 3.63) is 58.9 Å². The summed E-state index contributed by atoms with van der Waals surface area (Å²) >= 11 is 6.41. The molecule has 6 heteroatoms. The van der Waals surface area contributed by atoms with Crippen molar-refractivity contribution in [1.29, 1.82) is 0 Å². The van der Waals surface area contributed by atoms with Crippen molar-refractivity contribution >= 4 is 23.2 Å². The van der Waals surface area contributed by atoms with E-state index in [0.717, 1.165) is 24.5 Å². The van der Waals surface area contributed by atoms with Crippen LogP contribution in [-0.4, -0.2) is 37.7 Å². The van der Waals surface area contributed by atoms with E-state index >= 15 is 0 Å².